The molecule has 18 heavy (non-hydrogen) atoms. The Morgan fingerprint density at radius 3 is 2.33 bits per heavy atom. The second-order valence-corrected chi connectivity index (χ2v) is 5.37. The van der Waals surface area contributed by atoms with Crippen LogP contribution < -0.4 is 16.4 Å². The Bertz CT molecular complexity index is 274. The third-order valence-corrected chi connectivity index (χ3v) is 3.22. The van der Waals surface area contributed by atoms with E-state index < -0.39 is 12.1 Å². The first-order chi connectivity index (χ1) is 8.42. The minimum absolute atomic E-state index is 0.119. The van der Waals surface area contributed by atoms with Gasteiger partial charge in [-0.15, -0.1) is 0 Å². The van der Waals surface area contributed by atoms with Gasteiger partial charge in [0.2, 0.25) is 5.91 Å². The van der Waals surface area contributed by atoms with E-state index in [0.29, 0.717) is 6.42 Å². The van der Waals surface area contributed by atoms with Crippen LogP contribution in [0.4, 0.5) is 4.79 Å². The summed E-state index contributed by atoms with van der Waals surface area (Å²) in [4.78, 5) is 22.8. The molecule has 0 aliphatic rings. The standard InChI is InChI=1S/C11H23N3O3S/c1-7(2)9(6-15)13-10(16)8(4-5-18-3)14-11(12)17/h7-9,15H,4-6H2,1-3H3,(H,13,16)(H3,12,14,17). The Hall–Kier alpha value is -0.950. The van der Waals surface area contributed by atoms with E-state index in [1.807, 2.05) is 20.1 Å². The van der Waals surface area contributed by atoms with Crippen molar-refractivity contribution in [3.05, 3.63) is 0 Å². The summed E-state index contributed by atoms with van der Waals surface area (Å²) in [7, 11) is 0. The van der Waals surface area contributed by atoms with Gasteiger partial charge in [0, 0.05) is 0 Å². The lowest BCUT2D eigenvalue weighted by Gasteiger charge is -2.24. The van der Waals surface area contributed by atoms with Gasteiger partial charge < -0.3 is 21.5 Å². The zero-order chi connectivity index (χ0) is 14.1. The monoisotopic (exact) mass is 277 g/mol. The van der Waals surface area contributed by atoms with Crippen molar-refractivity contribution in [2.75, 3.05) is 18.6 Å². The predicted octanol–water partition coefficient (Wildman–Crippen LogP) is -0.0905. The first-order valence-corrected chi connectivity index (χ1v) is 7.27. The van der Waals surface area contributed by atoms with E-state index in [0.717, 1.165) is 5.75 Å². The maximum absolute atomic E-state index is 12.0. The number of carbonyl (C=O) groups excluding carboxylic acids is 2. The molecule has 0 radical (unpaired) electrons. The maximum Gasteiger partial charge on any atom is 0.312 e. The smallest absolute Gasteiger partial charge is 0.312 e. The van der Waals surface area contributed by atoms with Crippen LogP contribution in [0, 0.1) is 5.92 Å². The zero-order valence-corrected chi connectivity index (χ0v) is 11.9. The van der Waals surface area contributed by atoms with Gasteiger partial charge in [-0.1, -0.05) is 13.8 Å². The number of rotatable bonds is 8. The third-order valence-electron chi connectivity index (χ3n) is 2.57. The van der Waals surface area contributed by atoms with Gasteiger partial charge in [-0.05, 0) is 24.3 Å². The molecule has 0 aromatic rings. The lowest BCUT2D eigenvalue weighted by atomic mass is 10.0. The second kappa shape index (κ2) is 9.04. The van der Waals surface area contributed by atoms with Crippen molar-refractivity contribution in [2.45, 2.75) is 32.4 Å². The van der Waals surface area contributed by atoms with Gasteiger partial charge in [0.1, 0.15) is 6.04 Å². The van der Waals surface area contributed by atoms with Gasteiger partial charge in [0.05, 0.1) is 12.6 Å². The van der Waals surface area contributed by atoms with Crippen LogP contribution >= 0.6 is 11.8 Å². The largest absolute Gasteiger partial charge is 0.394 e. The molecule has 0 spiro atoms. The lowest BCUT2D eigenvalue weighted by Crippen LogP contribution is -2.53. The highest BCUT2D eigenvalue weighted by Crippen LogP contribution is 2.04. The second-order valence-electron chi connectivity index (χ2n) is 4.38. The molecule has 0 rings (SSSR count). The van der Waals surface area contributed by atoms with Crippen LogP contribution in [0.15, 0.2) is 0 Å². The molecular formula is C11H23N3O3S. The summed E-state index contributed by atoms with van der Waals surface area (Å²) >= 11 is 1.58. The van der Waals surface area contributed by atoms with Crippen LogP contribution in [-0.2, 0) is 4.79 Å². The number of primary amides is 1. The summed E-state index contributed by atoms with van der Waals surface area (Å²) in [6.07, 6.45) is 2.43. The van der Waals surface area contributed by atoms with Crippen LogP contribution in [-0.4, -0.2) is 47.7 Å². The number of carbonyl (C=O) groups is 2. The highest BCUT2D eigenvalue weighted by Gasteiger charge is 2.23. The summed E-state index contributed by atoms with van der Waals surface area (Å²) in [5, 5.41) is 14.3. The van der Waals surface area contributed by atoms with Gasteiger partial charge >= 0.3 is 6.03 Å². The average Bonchev–Trinajstić information content (AvgIpc) is 2.30. The normalized spacial score (nSPS) is 14.1. The van der Waals surface area contributed by atoms with E-state index in [1.165, 1.54) is 0 Å². The molecule has 0 fully saturated rings. The van der Waals surface area contributed by atoms with E-state index in [-0.39, 0.29) is 24.5 Å². The summed E-state index contributed by atoms with van der Waals surface area (Å²) in [5.74, 6) is 0.549. The molecule has 0 bridgehead atoms. The van der Waals surface area contributed by atoms with Crippen molar-refractivity contribution in [1.29, 1.82) is 0 Å². The van der Waals surface area contributed by atoms with Gasteiger partial charge in [0.25, 0.3) is 0 Å². The highest BCUT2D eigenvalue weighted by atomic mass is 32.2. The Morgan fingerprint density at radius 1 is 1.33 bits per heavy atom. The molecule has 0 aromatic carbocycles. The first-order valence-electron chi connectivity index (χ1n) is 5.88. The van der Waals surface area contributed by atoms with E-state index in [4.69, 9.17) is 10.8 Å². The maximum atomic E-state index is 12.0. The van der Waals surface area contributed by atoms with Crippen LogP contribution in [0.2, 0.25) is 0 Å². The number of urea groups is 1. The molecule has 0 saturated carbocycles. The molecule has 106 valence electrons. The fourth-order valence-corrected chi connectivity index (χ4v) is 1.85. The minimum Gasteiger partial charge on any atom is -0.394 e. The molecule has 0 saturated heterocycles. The number of hydrogen-bond acceptors (Lipinski definition) is 4. The Labute approximate surface area is 112 Å². The van der Waals surface area contributed by atoms with Gasteiger partial charge in [-0.25, -0.2) is 4.79 Å². The van der Waals surface area contributed by atoms with Crippen LogP contribution in [0.5, 0.6) is 0 Å². The molecule has 5 N–H and O–H groups in total. The van der Waals surface area contributed by atoms with Crippen molar-refractivity contribution in [1.82, 2.24) is 10.6 Å². The van der Waals surface area contributed by atoms with Crippen LogP contribution in [0.1, 0.15) is 20.3 Å². The quantitative estimate of drug-likeness (QED) is 0.497. The van der Waals surface area contributed by atoms with Crippen LogP contribution in [0.25, 0.3) is 0 Å². The SMILES string of the molecule is CSCCC(NC(N)=O)C(=O)NC(CO)C(C)C. The Balaban J connectivity index is 4.47. The number of hydrogen-bond donors (Lipinski definition) is 4. The molecule has 2 atom stereocenters. The lowest BCUT2D eigenvalue weighted by molar-refractivity contribution is -0.124. The topological polar surface area (TPSA) is 104 Å². The number of amides is 3. The number of aliphatic hydroxyl groups is 1. The van der Waals surface area contributed by atoms with Crippen LogP contribution in [0.3, 0.4) is 0 Å². The molecule has 0 aliphatic heterocycles. The fourth-order valence-electron chi connectivity index (χ4n) is 1.38. The van der Waals surface area contributed by atoms with Gasteiger partial charge in [-0.2, -0.15) is 11.8 Å². The minimum atomic E-state index is -0.721. The number of thioether (sulfide) groups is 1. The molecule has 0 heterocycles. The Morgan fingerprint density at radius 2 is 1.94 bits per heavy atom. The van der Waals surface area contributed by atoms with Crippen molar-refractivity contribution < 1.29 is 14.7 Å². The van der Waals surface area contributed by atoms with E-state index in [2.05, 4.69) is 10.6 Å². The summed E-state index contributed by atoms with van der Waals surface area (Å²) in [6.45, 7) is 3.67. The molecule has 0 aromatic heterocycles. The first kappa shape index (κ1) is 17.1. The number of aliphatic hydroxyl groups excluding tert-OH is 1. The van der Waals surface area contributed by atoms with E-state index in [1.54, 1.807) is 11.8 Å². The summed E-state index contributed by atoms with van der Waals surface area (Å²) in [6, 6.07) is -1.69. The highest BCUT2D eigenvalue weighted by molar-refractivity contribution is 7.98. The molecule has 3 amide bonds. The predicted molar refractivity (Wildman–Crippen MR) is 73.4 cm³/mol. The van der Waals surface area contributed by atoms with Crippen molar-refractivity contribution in [2.24, 2.45) is 11.7 Å². The fraction of sp³-hybridized carbons (Fsp3) is 0.818. The summed E-state index contributed by atoms with van der Waals surface area (Å²) in [5.41, 5.74) is 5.04. The van der Waals surface area contributed by atoms with Gasteiger partial charge in [-0.3, -0.25) is 4.79 Å². The van der Waals surface area contributed by atoms with Crippen molar-refractivity contribution in [3.8, 4) is 0 Å². The van der Waals surface area contributed by atoms with Gasteiger partial charge in [0.15, 0.2) is 0 Å². The van der Waals surface area contributed by atoms with Crippen molar-refractivity contribution >= 4 is 23.7 Å². The van der Waals surface area contributed by atoms with Crippen molar-refractivity contribution in [3.63, 3.8) is 0 Å². The molecule has 0 aliphatic carbocycles. The summed E-state index contributed by atoms with van der Waals surface area (Å²) < 4.78 is 0. The third kappa shape index (κ3) is 6.70. The number of nitrogens with two attached hydrogens (primary N) is 1. The molecular weight excluding hydrogens is 254 g/mol. The van der Waals surface area contributed by atoms with E-state index >= 15 is 0 Å². The molecule has 2 unspecified atom stereocenters. The zero-order valence-electron chi connectivity index (χ0n) is 11.1. The molecule has 7 heteroatoms. The van der Waals surface area contributed by atoms with E-state index in [9.17, 15) is 9.59 Å². The number of nitrogens with one attached hydrogen (secondary N) is 2. The Kier molecular flexibility index (Phi) is 8.57. The molecule has 6 nitrogen and oxygen atoms in total. The average molecular weight is 277 g/mol.